The SMILES string of the molecule is CCCCCCCCCCCCCCCC(=O)OCCOCCOCCOCCCl. The Hall–Kier alpha value is -0.360. The van der Waals surface area contributed by atoms with E-state index in [4.69, 9.17) is 30.5 Å². The van der Waals surface area contributed by atoms with Crippen molar-refractivity contribution in [2.75, 3.05) is 52.1 Å². The van der Waals surface area contributed by atoms with E-state index < -0.39 is 0 Å². The summed E-state index contributed by atoms with van der Waals surface area (Å²) in [7, 11) is 0. The Morgan fingerprint density at radius 2 is 0.967 bits per heavy atom. The van der Waals surface area contributed by atoms with Crippen LogP contribution in [-0.4, -0.2) is 58.1 Å². The summed E-state index contributed by atoms with van der Waals surface area (Å²) in [4.78, 5) is 11.7. The molecule has 0 amide bonds. The van der Waals surface area contributed by atoms with E-state index in [2.05, 4.69) is 6.92 Å². The van der Waals surface area contributed by atoms with Crippen molar-refractivity contribution in [3.05, 3.63) is 0 Å². The largest absolute Gasteiger partial charge is 0.463 e. The molecule has 0 radical (unpaired) electrons. The van der Waals surface area contributed by atoms with Crippen LogP contribution in [-0.2, 0) is 23.7 Å². The number of ether oxygens (including phenoxy) is 4. The molecule has 6 heteroatoms. The van der Waals surface area contributed by atoms with Gasteiger partial charge in [0.25, 0.3) is 0 Å². The van der Waals surface area contributed by atoms with E-state index in [1.54, 1.807) is 0 Å². The molecule has 0 aliphatic rings. The van der Waals surface area contributed by atoms with Crippen LogP contribution in [0, 0.1) is 0 Å². The van der Waals surface area contributed by atoms with Gasteiger partial charge in [0, 0.05) is 12.3 Å². The zero-order valence-electron chi connectivity index (χ0n) is 19.5. The van der Waals surface area contributed by atoms with Crippen LogP contribution < -0.4 is 0 Å². The summed E-state index contributed by atoms with van der Waals surface area (Å²) in [6.45, 7) is 5.63. The molecular weight excluding hydrogens is 404 g/mol. The van der Waals surface area contributed by atoms with E-state index in [9.17, 15) is 4.79 Å². The van der Waals surface area contributed by atoms with Gasteiger partial charge in [0.1, 0.15) is 6.61 Å². The number of esters is 1. The Labute approximate surface area is 190 Å². The van der Waals surface area contributed by atoms with Gasteiger partial charge in [0.2, 0.25) is 0 Å². The van der Waals surface area contributed by atoms with Crippen molar-refractivity contribution >= 4 is 17.6 Å². The summed E-state index contributed by atoms with van der Waals surface area (Å²) < 4.78 is 21.1. The van der Waals surface area contributed by atoms with Crippen LogP contribution in [0.15, 0.2) is 0 Å². The molecule has 5 nitrogen and oxygen atoms in total. The summed E-state index contributed by atoms with van der Waals surface area (Å²) in [5, 5.41) is 0. The molecule has 0 atom stereocenters. The molecular formula is C24H47ClO5. The van der Waals surface area contributed by atoms with E-state index >= 15 is 0 Å². The number of alkyl halides is 1. The standard InChI is InChI=1S/C24H47ClO5/c1-2-3-4-5-6-7-8-9-10-11-12-13-14-15-24(26)30-23-22-29-21-20-28-19-18-27-17-16-25/h2-23H2,1H3. The fourth-order valence-electron chi connectivity index (χ4n) is 3.17. The summed E-state index contributed by atoms with van der Waals surface area (Å²) >= 11 is 5.49. The summed E-state index contributed by atoms with van der Waals surface area (Å²) in [6, 6.07) is 0. The van der Waals surface area contributed by atoms with Crippen molar-refractivity contribution in [2.45, 2.75) is 96.8 Å². The van der Waals surface area contributed by atoms with Gasteiger partial charge in [0.15, 0.2) is 0 Å². The van der Waals surface area contributed by atoms with Gasteiger partial charge >= 0.3 is 5.97 Å². The molecule has 0 unspecified atom stereocenters. The predicted molar refractivity (Wildman–Crippen MR) is 124 cm³/mol. The highest BCUT2D eigenvalue weighted by atomic mass is 35.5. The molecule has 0 saturated carbocycles. The van der Waals surface area contributed by atoms with E-state index in [-0.39, 0.29) is 5.97 Å². The number of hydrogen-bond acceptors (Lipinski definition) is 5. The lowest BCUT2D eigenvalue weighted by Gasteiger charge is -2.07. The van der Waals surface area contributed by atoms with Crippen molar-refractivity contribution in [3.8, 4) is 0 Å². The molecule has 0 spiro atoms. The Morgan fingerprint density at radius 3 is 1.43 bits per heavy atom. The molecule has 0 aromatic rings. The van der Waals surface area contributed by atoms with E-state index in [1.165, 1.54) is 70.6 Å². The lowest BCUT2D eigenvalue weighted by atomic mass is 10.0. The maximum Gasteiger partial charge on any atom is 0.305 e. The third kappa shape index (κ3) is 25.7. The maximum absolute atomic E-state index is 11.7. The van der Waals surface area contributed by atoms with Gasteiger partial charge in [-0.15, -0.1) is 11.6 Å². The summed E-state index contributed by atoms with van der Waals surface area (Å²) in [6.07, 6.45) is 17.5. The molecule has 30 heavy (non-hydrogen) atoms. The summed E-state index contributed by atoms with van der Waals surface area (Å²) in [5.74, 6) is 0.385. The first-order valence-electron chi connectivity index (χ1n) is 12.3. The van der Waals surface area contributed by atoms with E-state index in [0.717, 1.165) is 12.8 Å². The van der Waals surface area contributed by atoms with Crippen molar-refractivity contribution < 1.29 is 23.7 Å². The minimum Gasteiger partial charge on any atom is -0.463 e. The molecule has 0 aromatic carbocycles. The van der Waals surface area contributed by atoms with Crippen LogP contribution in [0.25, 0.3) is 0 Å². The first kappa shape index (κ1) is 29.6. The third-order valence-corrected chi connectivity index (χ3v) is 5.09. The molecule has 180 valence electrons. The Bertz CT molecular complexity index is 342. The van der Waals surface area contributed by atoms with Crippen molar-refractivity contribution in [1.29, 1.82) is 0 Å². The van der Waals surface area contributed by atoms with Gasteiger partial charge in [-0.3, -0.25) is 4.79 Å². The van der Waals surface area contributed by atoms with Crippen molar-refractivity contribution in [2.24, 2.45) is 0 Å². The van der Waals surface area contributed by atoms with Crippen LogP contribution in [0.1, 0.15) is 96.8 Å². The third-order valence-electron chi connectivity index (χ3n) is 4.94. The Morgan fingerprint density at radius 1 is 0.567 bits per heavy atom. The molecule has 0 rings (SSSR count). The van der Waals surface area contributed by atoms with Crippen LogP contribution in [0.3, 0.4) is 0 Å². The van der Waals surface area contributed by atoms with E-state index in [1.807, 2.05) is 0 Å². The van der Waals surface area contributed by atoms with Gasteiger partial charge in [-0.2, -0.15) is 0 Å². The molecule has 0 aliphatic carbocycles. The quantitative estimate of drug-likeness (QED) is 0.0927. The second-order valence-electron chi connectivity index (χ2n) is 7.74. The van der Waals surface area contributed by atoms with Gasteiger partial charge in [-0.25, -0.2) is 0 Å². The molecule has 0 bridgehead atoms. The molecule has 0 N–H and O–H groups in total. The maximum atomic E-state index is 11.7. The van der Waals surface area contributed by atoms with Crippen molar-refractivity contribution in [3.63, 3.8) is 0 Å². The minimum absolute atomic E-state index is 0.116. The molecule has 0 heterocycles. The highest BCUT2D eigenvalue weighted by Gasteiger charge is 2.02. The zero-order valence-corrected chi connectivity index (χ0v) is 20.2. The van der Waals surface area contributed by atoms with Crippen LogP contribution in [0.2, 0.25) is 0 Å². The van der Waals surface area contributed by atoms with Crippen molar-refractivity contribution in [1.82, 2.24) is 0 Å². The molecule has 0 saturated heterocycles. The normalized spacial score (nSPS) is 11.1. The Kier molecular flexibility index (Phi) is 26.4. The second kappa shape index (κ2) is 26.7. The number of hydrogen-bond donors (Lipinski definition) is 0. The number of halogens is 1. The molecule has 0 aliphatic heterocycles. The first-order chi connectivity index (χ1) is 14.8. The monoisotopic (exact) mass is 450 g/mol. The number of carbonyl (C=O) groups is 1. The zero-order chi connectivity index (χ0) is 22.0. The van der Waals surface area contributed by atoms with Crippen LogP contribution in [0.5, 0.6) is 0 Å². The van der Waals surface area contributed by atoms with Gasteiger partial charge in [-0.1, -0.05) is 84.0 Å². The number of rotatable bonds is 25. The number of unbranched alkanes of at least 4 members (excludes halogenated alkanes) is 12. The number of carbonyl (C=O) groups excluding carboxylic acids is 1. The fraction of sp³-hybridized carbons (Fsp3) is 0.958. The first-order valence-corrected chi connectivity index (χ1v) is 12.8. The molecule has 0 aromatic heterocycles. The molecule has 0 fully saturated rings. The smallest absolute Gasteiger partial charge is 0.305 e. The van der Waals surface area contributed by atoms with Crippen LogP contribution in [0.4, 0.5) is 0 Å². The second-order valence-corrected chi connectivity index (χ2v) is 8.12. The van der Waals surface area contributed by atoms with E-state index in [0.29, 0.717) is 58.5 Å². The topological polar surface area (TPSA) is 54.0 Å². The summed E-state index contributed by atoms with van der Waals surface area (Å²) in [5.41, 5.74) is 0. The van der Waals surface area contributed by atoms with Gasteiger partial charge in [0.05, 0.1) is 39.6 Å². The lowest BCUT2D eigenvalue weighted by Crippen LogP contribution is -2.14. The van der Waals surface area contributed by atoms with Gasteiger partial charge in [-0.05, 0) is 6.42 Å². The van der Waals surface area contributed by atoms with Crippen LogP contribution >= 0.6 is 11.6 Å². The van der Waals surface area contributed by atoms with Gasteiger partial charge < -0.3 is 18.9 Å². The highest BCUT2D eigenvalue weighted by Crippen LogP contribution is 2.13. The fourth-order valence-corrected chi connectivity index (χ4v) is 3.28. The Balaban J connectivity index is 3.13. The predicted octanol–water partition coefficient (Wildman–Crippen LogP) is 6.30. The minimum atomic E-state index is -0.116. The lowest BCUT2D eigenvalue weighted by molar-refractivity contribution is -0.145. The average molecular weight is 451 g/mol. The average Bonchev–Trinajstić information content (AvgIpc) is 2.75. The highest BCUT2D eigenvalue weighted by molar-refractivity contribution is 6.17.